The third kappa shape index (κ3) is 6.09. The molecule has 0 saturated carbocycles. The van der Waals surface area contributed by atoms with Crippen molar-refractivity contribution in [2.45, 2.75) is 11.7 Å². The molecule has 3 aromatic carbocycles. The van der Waals surface area contributed by atoms with Crippen LogP contribution in [0.25, 0.3) is 11.4 Å². The SMILES string of the molecule is CS(=O)(=O)Nc1ccc(C(=O)CSc2nnc(-c3ccc(F)cc3)n2Cc2ccccc2)cc1. The van der Waals surface area contributed by atoms with E-state index in [4.69, 9.17) is 0 Å². The summed E-state index contributed by atoms with van der Waals surface area (Å²) in [7, 11) is -3.39. The van der Waals surface area contributed by atoms with Crippen molar-refractivity contribution in [1.29, 1.82) is 0 Å². The molecule has 0 aliphatic rings. The smallest absolute Gasteiger partial charge is 0.229 e. The van der Waals surface area contributed by atoms with Crippen LogP contribution in [0.2, 0.25) is 0 Å². The molecule has 0 aliphatic carbocycles. The first-order valence-corrected chi connectivity index (χ1v) is 13.1. The number of sulfonamides is 1. The van der Waals surface area contributed by atoms with Gasteiger partial charge in [0.25, 0.3) is 0 Å². The number of nitrogens with one attached hydrogen (secondary N) is 1. The molecule has 0 aliphatic heterocycles. The minimum absolute atomic E-state index is 0.120. The molecule has 0 bridgehead atoms. The quantitative estimate of drug-likeness (QED) is 0.271. The summed E-state index contributed by atoms with van der Waals surface area (Å²) in [4.78, 5) is 12.7. The van der Waals surface area contributed by atoms with Gasteiger partial charge >= 0.3 is 0 Å². The summed E-state index contributed by atoms with van der Waals surface area (Å²) < 4.78 is 40.4. The fourth-order valence-electron chi connectivity index (χ4n) is 3.27. The van der Waals surface area contributed by atoms with Crippen LogP contribution in [-0.4, -0.2) is 41.0 Å². The number of ketones is 1. The number of Topliss-reactive ketones (excluding diaryl/α,β-unsaturated/α-hetero) is 1. The maximum atomic E-state index is 13.4. The maximum absolute atomic E-state index is 13.4. The number of carbonyl (C=O) groups is 1. The molecule has 0 saturated heterocycles. The van der Waals surface area contributed by atoms with Gasteiger partial charge in [-0.2, -0.15) is 0 Å². The predicted molar refractivity (Wildman–Crippen MR) is 131 cm³/mol. The lowest BCUT2D eigenvalue weighted by Gasteiger charge is -2.11. The topological polar surface area (TPSA) is 93.9 Å². The summed E-state index contributed by atoms with van der Waals surface area (Å²) in [6.07, 6.45) is 1.06. The number of nitrogens with zero attached hydrogens (tertiary/aromatic N) is 3. The highest BCUT2D eigenvalue weighted by molar-refractivity contribution is 7.99. The summed E-state index contributed by atoms with van der Waals surface area (Å²) in [6.45, 7) is 0.489. The van der Waals surface area contributed by atoms with Gasteiger partial charge in [0.05, 0.1) is 18.6 Å². The second-order valence-corrected chi connectivity index (χ2v) is 10.2. The van der Waals surface area contributed by atoms with E-state index in [0.29, 0.717) is 28.8 Å². The van der Waals surface area contributed by atoms with E-state index in [2.05, 4.69) is 14.9 Å². The van der Waals surface area contributed by atoms with E-state index in [1.54, 1.807) is 36.4 Å². The molecule has 0 atom stereocenters. The van der Waals surface area contributed by atoms with E-state index in [0.717, 1.165) is 17.4 Å². The number of aromatic nitrogens is 3. The standard InChI is InChI=1S/C24H21FN4O3S2/c1-34(31,32)28-21-13-9-18(10-14-21)22(30)16-33-24-27-26-23(19-7-11-20(25)12-8-19)29(24)15-17-5-3-2-4-6-17/h2-14,28H,15-16H2,1H3. The normalized spacial score (nSPS) is 11.4. The molecule has 1 aromatic heterocycles. The Labute approximate surface area is 201 Å². The van der Waals surface area contributed by atoms with Gasteiger partial charge in [-0.15, -0.1) is 10.2 Å². The molecule has 0 radical (unpaired) electrons. The monoisotopic (exact) mass is 496 g/mol. The number of hydrogen-bond donors (Lipinski definition) is 1. The minimum atomic E-state index is -3.39. The summed E-state index contributed by atoms with van der Waals surface area (Å²) in [5.41, 5.74) is 2.60. The summed E-state index contributed by atoms with van der Waals surface area (Å²) in [5.74, 6) is 0.231. The maximum Gasteiger partial charge on any atom is 0.229 e. The third-order valence-electron chi connectivity index (χ3n) is 4.85. The molecule has 1 N–H and O–H groups in total. The van der Waals surface area contributed by atoms with Crippen molar-refractivity contribution in [3.63, 3.8) is 0 Å². The average Bonchev–Trinajstić information content (AvgIpc) is 3.20. The first-order valence-electron chi connectivity index (χ1n) is 10.3. The zero-order chi connectivity index (χ0) is 24.1. The highest BCUT2D eigenvalue weighted by atomic mass is 32.2. The predicted octanol–water partition coefficient (Wildman–Crippen LogP) is 4.48. The number of carbonyl (C=O) groups excluding carboxylic acids is 1. The first-order chi connectivity index (χ1) is 16.3. The number of thioether (sulfide) groups is 1. The van der Waals surface area contributed by atoms with Crippen molar-refractivity contribution < 1.29 is 17.6 Å². The van der Waals surface area contributed by atoms with Crippen LogP contribution < -0.4 is 4.72 Å². The first kappa shape index (κ1) is 23.7. The van der Waals surface area contributed by atoms with Crippen molar-refractivity contribution in [2.75, 3.05) is 16.7 Å². The Bertz CT molecular complexity index is 1390. The Kier molecular flexibility index (Phi) is 7.09. The fraction of sp³-hybridized carbons (Fsp3) is 0.125. The van der Waals surface area contributed by atoms with Gasteiger partial charge in [0, 0.05) is 16.8 Å². The lowest BCUT2D eigenvalue weighted by Crippen LogP contribution is -2.10. The van der Waals surface area contributed by atoms with Crippen LogP contribution >= 0.6 is 11.8 Å². The van der Waals surface area contributed by atoms with Crippen LogP contribution in [0.1, 0.15) is 15.9 Å². The molecule has 4 rings (SSSR count). The molecule has 10 heteroatoms. The van der Waals surface area contributed by atoms with Crippen molar-refractivity contribution in [1.82, 2.24) is 14.8 Å². The molecular formula is C24H21FN4O3S2. The molecule has 7 nitrogen and oxygen atoms in total. The summed E-state index contributed by atoms with van der Waals surface area (Å²) in [6, 6.07) is 22.1. The summed E-state index contributed by atoms with van der Waals surface area (Å²) >= 11 is 1.26. The molecule has 1 heterocycles. The molecule has 4 aromatic rings. The van der Waals surface area contributed by atoms with E-state index < -0.39 is 10.0 Å². The fourth-order valence-corrected chi connectivity index (χ4v) is 4.66. The molecule has 0 spiro atoms. The number of hydrogen-bond acceptors (Lipinski definition) is 6. The average molecular weight is 497 g/mol. The van der Waals surface area contributed by atoms with Crippen LogP contribution in [0.5, 0.6) is 0 Å². The Balaban J connectivity index is 1.54. The van der Waals surface area contributed by atoms with Gasteiger partial charge in [0.2, 0.25) is 10.0 Å². The van der Waals surface area contributed by atoms with E-state index in [9.17, 15) is 17.6 Å². The van der Waals surface area contributed by atoms with Crippen LogP contribution in [0, 0.1) is 5.82 Å². The van der Waals surface area contributed by atoms with Crippen molar-refractivity contribution in [3.05, 3.63) is 95.8 Å². The van der Waals surface area contributed by atoms with Crippen molar-refractivity contribution >= 4 is 33.3 Å². The van der Waals surface area contributed by atoms with E-state index in [1.165, 1.54) is 23.9 Å². The highest BCUT2D eigenvalue weighted by Crippen LogP contribution is 2.26. The summed E-state index contributed by atoms with van der Waals surface area (Å²) in [5, 5.41) is 9.15. The molecule has 174 valence electrons. The molecule has 0 fully saturated rings. The van der Waals surface area contributed by atoms with Gasteiger partial charge in [0.1, 0.15) is 5.82 Å². The van der Waals surface area contributed by atoms with Gasteiger partial charge in [0.15, 0.2) is 16.8 Å². The van der Waals surface area contributed by atoms with Gasteiger partial charge in [-0.25, -0.2) is 12.8 Å². The lowest BCUT2D eigenvalue weighted by molar-refractivity contribution is 0.102. The van der Waals surface area contributed by atoms with Crippen LogP contribution in [0.3, 0.4) is 0 Å². The number of anilines is 1. The molecule has 34 heavy (non-hydrogen) atoms. The van der Waals surface area contributed by atoms with Gasteiger partial charge in [-0.05, 0) is 54.1 Å². The van der Waals surface area contributed by atoms with Crippen LogP contribution in [-0.2, 0) is 16.6 Å². The second-order valence-electron chi connectivity index (χ2n) is 7.55. The van der Waals surface area contributed by atoms with Gasteiger partial charge in [-0.3, -0.25) is 14.1 Å². The van der Waals surface area contributed by atoms with E-state index in [1.807, 2.05) is 34.9 Å². The number of halogens is 1. The van der Waals surface area contributed by atoms with Crippen molar-refractivity contribution in [2.24, 2.45) is 0 Å². The Hall–Kier alpha value is -3.50. The number of benzene rings is 3. The zero-order valence-corrected chi connectivity index (χ0v) is 19.8. The van der Waals surface area contributed by atoms with E-state index >= 15 is 0 Å². The zero-order valence-electron chi connectivity index (χ0n) is 18.2. The lowest BCUT2D eigenvalue weighted by atomic mass is 10.1. The largest absolute Gasteiger partial charge is 0.298 e. The minimum Gasteiger partial charge on any atom is -0.298 e. The van der Waals surface area contributed by atoms with E-state index in [-0.39, 0.29) is 17.4 Å². The van der Waals surface area contributed by atoms with Crippen LogP contribution in [0.15, 0.2) is 84.0 Å². The van der Waals surface area contributed by atoms with Gasteiger partial charge < -0.3 is 0 Å². The molecular weight excluding hydrogens is 475 g/mol. The molecule has 0 unspecified atom stereocenters. The Morgan fingerprint density at radius 3 is 2.29 bits per heavy atom. The van der Waals surface area contributed by atoms with Crippen molar-refractivity contribution in [3.8, 4) is 11.4 Å². The Morgan fingerprint density at radius 1 is 0.971 bits per heavy atom. The highest BCUT2D eigenvalue weighted by Gasteiger charge is 2.17. The van der Waals surface area contributed by atoms with Crippen LogP contribution in [0.4, 0.5) is 10.1 Å². The number of rotatable bonds is 9. The second kappa shape index (κ2) is 10.2. The Morgan fingerprint density at radius 2 is 1.65 bits per heavy atom. The third-order valence-corrected chi connectivity index (χ3v) is 6.42. The molecule has 0 amide bonds. The van der Waals surface area contributed by atoms with Gasteiger partial charge in [-0.1, -0.05) is 42.1 Å².